The van der Waals surface area contributed by atoms with Crippen LogP contribution in [0.1, 0.15) is 31.0 Å². The van der Waals surface area contributed by atoms with Gasteiger partial charge < -0.3 is 10.1 Å². The highest BCUT2D eigenvalue weighted by Gasteiger charge is 2.10. The van der Waals surface area contributed by atoms with Crippen LogP contribution in [-0.2, 0) is 0 Å². The third kappa shape index (κ3) is 4.41. The van der Waals surface area contributed by atoms with Crippen LogP contribution in [0.5, 0.6) is 5.75 Å². The Bertz CT molecular complexity index is 376. The van der Waals surface area contributed by atoms with Gasteiger partial charge in [0, 0.05) is 17.1 Å². The first-order valence-corrected chi connectivity index (χ1v) is 6.34. The fraction of sp³-hybridized carbons (Fsp3) is 0.429. The zero-order valence-electron chi connectivity index (χ0n) is 10.7. The molecule has 0 aliphatic heterocycles. The highest BCUT2D eigenvalue weighted by molar-refractivity contribution is 6.25. The monoisotopic (exact) mass is 253 g/mol. The van der Waals surface area contributed by atoms with E-state index in [1.807, 2.05) is 0 Å². The number of benzene rings is 1. The van der Waals surface area contributed by atoms with Crippen LogP contribution < -0.4 is 10.1 Å². The van der Waals surface area contributed by atoms with Crippen molar-refractivity contribution >= 4 is 11.6 Å². The highest BCUT2D eigenvalue weighted by Crippen LogP contribution is 2.26. The fourth-order valence-electron chi connectivity index (χ4n) is 1.71. The summed E-state index contributed by atoms with van der Waals surface area (Å²) in [5, 5.41) is 3.39. The second-order valence-electron chi connectivity index (χ2n) is 3.99. The average molecular weight is 254 g/mol. The molecule has 0 spiro atoms. The predicted molar refractivity (Wildman–Crippen MR) is 73.8 cm³/mol. The summed E-state index contributed by atoms with van der Waals surface area (Å²) in [7, 11) is 0. The fourth-order valence-corrected chi connectivity index (χ4v) is 1.79. The van der Waals surface area contributed by atoms with Gasteiger partial charge in [-0.1, -0.05) is 30.7 Å². The number of aryl methyl sites for hydroxylation is 1. The summed E-state index contributed by atoms with van der Waals surface area (Å²) < 4.78 is 5.71. The molecule has 3 heteroatoms. The van der Waals surface area contributed by atoms with Crippen LogP contribution in [0.3, 0.4) is 0 Å². The Morgan fingerprint density at radius 1 is 1.47 bits per heavy atom. The zero-order chi connectivity index (χ0) is 12.7. The Labute approximate surface area is 109 Å². The van der Waals surface area contributed by atoms with Gasteiger partial charge in [-0.25, -0.2) is 0 Å². The molecule has 0 fully saturated rings. The van der Waals surface area contributed by atoms with Crippen molar-refractivity contribution in [3.05, 3.63) is 40.9 Å². The van der Waals surface area contributed by atoms with E-state index in [-0.39, 0.29) is 6.04 Å². The van der Waals surface area contributed by atoms with Gasteiger partial charge in [0.25, 0.3) is 0 Å². The maximum atomic E-state index is 5.71. The topological polar surface area (TPSA) is 21.3 Å². The van der Waals surface area contributed by atoms with Gasteiger partial charge in [0.2, 0.25) is 0 Å². The lowest BCUT2D eigenvalue weighted by Crippen LogP contribution is -2.18. The quantitative estimate of drug-likeness (QED) is 0.833. The molecule has 0 aliphatic carbocycles. The number of ether oxygens (including phenoxy) is 1. The van der Waals surface area contributed by atoms with E-state index in [2.05, 4.69) is 44.3 Å². The first-order valence-electron chi connectivity index (χ1n) is 5.91. The van der Waals surface area contributed by atoms with Crippen LogP contribution in [0.15, 0.2) is 29.8 Å². The maximum absolute atomic E-state index is 5.71. The molecule has 0 heterocycles. The first kappa shape index (κ1) is 14.1. The van der Waals surface area contributed by atoms with E-state index in [1.165, 1.54) is 16.7 Å². The van der Waals surface area contributed by atoms with E-state index in [9.17, 15) is 0 Å². The van der Waals surface area contributed by atoms with Crippen molar-refractivity contribution < 1.29 is 4.74 Å². The van der Waals surface area contributed by atoms with Gasteiger partial charge in [-0.2, -0.15) is 0 Å². The van der Waals surface area contributed by atoms with Gasteiger partial charge in [0.05, 0.1) is 0 Å². The molecule has 1 unspecified atom stereocenters. The summed E-state index contributed by atoms with van der Waals surface area (Å²) in [5.74, 6) is 0.924. The Morgan fingerprint density at radius 3 is 2.88 bits per heavy atom. The highest BCUT2D eigenvalue weighted by atomic mass is 35.5. The number of hydrogen-bond donors (Lipinski definition) is 1. The van der Waals surface area contributed by atoms with Crippen LogP contribution >= 0.6 is 11.6 Å². The van der Waals surface area contributed by atoms with E-state index in [1.54, 1.807) is 6.08 Å². The van der Waals surface area contributed by atoms with E-state index in [0.717, 1.165) is 12.3 Å². The maximum Gasteiger partial charge on any atom is 0.124 e. The molecule has 17 heavy (non-hydrogen) atoms. The molecule has 0 aromatic heterocycles. The van der Waals surface area contributed by atoms with Gasteiger partial charge in [-0.15, -0.1) is 0 Å². The second kappa shape index (κ2) is 7.36. The van der Waals surface area contributed by atoms with Crippen molar-refractivity contribution in [2.45, 2.75) is 26.8 Å². The first-order chi connectivity index (χ1) is 8.19. The largest absolute Gasteiger partial charge is 0.489 e. The summed E-state index contributed by atoms with van der Waals surface area (Å²) in [6, 6.07) is 6.57. The van der Waals surface area contributed by atoms with Gasteiger partial charge >= 0.3 is 0 Å². The minimum absolute atomic E-state index is 0.288. The molecular weight excluding hydrogens is 234 g/mol. The lowest BCUT2D eigenvalue weighted by atomic mass is 10.0. The number of rotatable bonds is 6. The minimum Gasteiger partial charge on any atom is -0.489 e. The molecule has 2 nitrogen and oxygen atoms in total. The molecule has 0 radical (unpaired) electrons. The van der Waals surface area contributed by atoms with Crippen LogP contribution in [0.4, 0.5) is 0 Å². The van der Waals surface area contributed by atoms with Gasteiger partial charge in [-0.3, -0.25) is 0 Å². The van der Waals surface area contributed by atoms with Gasteiger partial charge in [0.15, 0.2) is 0 Å². The zero-order valence-corrected chi connectivity index (χ0v) is 11.4. The molecule has 0 aliphatic rings. The van der Waals surface area contributed by atoms with Crippen molar-refractivity contribution in [1.29, 1.82) is 0 Å². The third-order valence-electron chi connectivity index (χ3n) is 2.57. The Balaban J connectivity index is 2.86. The smallest absolute Gasteiger partial charge is 0.124 e. The molecule has 1 rings (SSSR count). The van der Waals surface area contributed by atoms with Crippen molar-refractivity contribution in [2.75, 3.05) is 13.2 Å². The van der Waals surface area contributed by atoms with Crippen molar-refractivity contribution in [1.82, 2.24) is 5.32 Å². The predicted octanol–water partition coefficient (Wildman–Crippen LogP) is 3.80. The minimum atomic E-state index is 0.288. The third-order valence-corrected chi connectivity index (χ3v) is 2.75. The lowest BCUT2D eigenvalue weighted by molar-refractivity contribution is 0.354. The summed E-state index contributed by atoms with van der Waals surface area (Å²) in [6.07, 6.45) is 1.78. The number of nitrogens with one attached hydrogen (secondary N) is 1. The van der Waals surface area contributed by atoms with Crippen LogP contribution in [0.2, 0.25) is 0 Å². The van der Waals surface area contributed by atoms with Crippen LogP contribution in [0.25, 0.3) is 0 Å². The Hall–Kier alpha value is -0.990. The molecule has 0 bridgehead atoms. The van der Waals surface area contributed by atoms with E-state index in [0.29, 0.717) is 6.61 Å². The normalized spacial score (nSPS) is 12.9. The van der Waals surface area contributed by atoms with Crippen LogP contribution in [0, 0.1) is 6.92 Å². The SMILES string of the molecule is CCNC(C)c1ccc(C)cc1OCC=CCl. The molecule has 94 valence electrons. The molecular formula is C14H20ClNO. The van der Waals surface area contributed by atoms with Crippen molar-refractivity contribution in [2.24, 2.45) is 0 Å². The van der Waals surface area contributed by atoms with Crippen molar-refractivity contribution in [3.63, 3.8) is 0 Å². The summed E-state index contributed by atoms with van der Waals surface area (Å²) in [6.45, 7) is 7.74. The number of hydrogen-bond acceptors (Lipinski definition) is 2. The summed E-state index contributed by atoms with van der Waals surface area (Å²) in [4.78, 5) is 0. The Kier molecular flexibility index (Phi) is 6.09. The van der Waals surface area contributed by atoms with E-state index >= 15 is 0 Å². The molecule has 1 atom stereocenters. The van der Waals surface area contributed by atoms with Crippen molar-refractivity contribution in [3.8, 4) is 5.75 Å². The van der Waals surface area contributed by atoms with Gasteiger partial charge in [-0.05, 0) is 38.1 Å². The molecule has 0 saturated carbocycles. The Morgan fingerprint density at radius 2 is 2.24 bits per heavy atom. The lowest BCUT2D eigenvalue weighted by Gasteiger charge is -2.17. The standard InChI is InChI=1S/C14H20ClNO/c1-4-16-12(3)13-7-6-11(2)10-14(13)17-9-5-8-15/h5-8,10,12,16H,4,9H2,1-3H3. The molecule has 1 aromatic rings. The second-order valence-corrected chi connectivity index (χ2v) is 4.25. The molecule has 1 aromatic carbocycles. The van der Waals surface area contributed by atoms with E-state index in [4.69, 9.17) is 16.3 Å². The summed E-state index contributed by atoms with van der Waals surface area (Å²) >= 11 is 5.48. The summed E-state index contributed by atoms with van der Waals surface area (Å²) in [5.41, 5.74) is 3.85. The molecule has 1 N–H and O–H groups in total. The average Bonchev–Trinajstić information content (AvgIpc) is 2.30. The van der Waals surface area contributed by atoms with E-state index < -0.39 is 0 Å². The molecule has 0 saturated heterocycles. The van der Waals surface area contributed by atoms with Gasteiger partial charge in [0.1, 0.15) is 12.4 Å². The van der Waals surface area contributed by atoms with Crippen LogP contribution in [-0.4, -0.2) is 13.2 Å². The molecule has 0 amide bonds. The number of halogens is 1.